The van der Waals surface area contributed by atoms with Gasteiger partial charge in [0.15, 0.2) is 0 Å². The Balaban J connectivity index is 1.76. The van der Waals surface area contributed by atoms with Crippen LogP contribution in [0.1, 0.15) is 33.9 Å². The molecule has 1 atom stereocenters. The van der Waals surface area contributed by atoms with Crippen molar-refractivity contribution < 1.29 is 4.79 Å². The minimum Gasteiger partial charge on any atom is -0.343 e. The second kappa shape index (κ2) is 8.07. The zero-order valence-corrected chi connectivity index (χ0v) is 15.4. The lowest BCUT2D eigenvalue weighted by atomic mass is 10.0. The van der Waals surface area contributed by atoms with Crippen LogP contribution in [-0.2, 0) is 6.54 Å². The molecule has 0 unspecified atom stereocenters. The zero-order chi connectivity index (χ0) is 18.5. The van der Waals surface area contributed by atoms with E-state index in [1.807, 2.05) is 26.1 Å². The number of carbonyl (C=O) groups excluding carboxylic acids is 1. The predicted octanol–water partition coefficient (Wildman–Crippen LogP) is 2.71. The number of hydrogen-bond donors (Lipinski definition) is 3. The van der Waals surface area contributed by atoms with E-state index in [0.717, 1.165) is 17.0 Å². The van der Waals surface area contributed by atoms with Crippen molar-refractivity contribution in [2.45, 2.75) is 19.5 Å². The van der Waals surface area contributed by atoms with Gasteiger partial charge in [-0.15, -0.1) is 11.3 Å². The minimum absolute atomic E-state index is 0.161. The molecule has 0 aliphatic heterocycles. The molecule has 0 saturated carbocycles. The molecule has 0 aliphatic rings. The number of nitrogens with one attached hydrogen (secondary N) is 3. The standard InChI is InChI=1S/C19H20N4O2S/c1-12(21-19(25)16-7-8-18(24)23-22-16)17-9-14(11-26-17)15-6-4-3-5-13(15)10-20-2/h3-9,11-12,20H,10H2,1-2H3,(H,21,25)(H,23,24)/t12-/m1/s1. The summed E-state index contributed by atoms with van der Waals surface area (Å²) >= 11 is 1.61. The van der Waals surface area contributed by atoms with E-state index in [9.17, 15) is 9.59 Å². The SMILES string of the molecule is CNCc1ccccc1-c1csc([C@@H](C)NC(=O)c2ccc(=O)[nH]n2)c1. The number of H-pyrrole nitrogens is 1. The molecule has 2 heterocycles. The third kappa shape index (κ3) is 4.07. The first-order chi connectivity index (χ1) is 12.6. The molecule has 0 radical (unpaired) electrons. The molecule has 7 heteroatoms. The number of thiophene rings is 1. The predicted molar refractivity (Wildman–Crippen MR) is 103 cm³/mol. The lowest BCUT2D eigenvalue weighted by molar-refractivity contribution is 0.0934. The Bertz CT molecular complexity index is 943. The molecule has 3 rings (SSSR count). The lowest BCUT2D eigenvalue weighted by Gasteiger charge is -2.11. The van der Waals surface area contributed by atoms with E-state index < -0.39 is 0 Å². The highest BCUT2D eigenvalue weighted by Crippen LogP contribution is 2.31. The molecule has 3 N–H and O–H groups in total. The van der Waals surface area contributed by atoms with Gasteiger partial charge in [-0.2, -0.15) is 5.10 Å². The van der Waals surface area contributed by atoms with Crippen molar-refractivity contribution in [2.75, 3.05) is 7.05 Å². The van der Waals surface area contributed by atoms with Gasteiger partial charge in [0.1, 0.15) is 5.69 Å². The number of nitrogens with zero attached hydrogens (tertiary/aromatic N) is 1. The van der Waals surface area contributed by atoms with Crippen LogP contribution in [0, 0.1) is 0 Å². The average Bonchev–Trinajstić information content (AvgIpc) is 3.13. The molecule has 1 aromatic carbocycles. The molecule has 134 valence electrons. The van der Waals surface area contributed by atoms with Crippen LogP contribution in [0.2, 0.25) is 0 Å². The minimum atomic E-state index is -0.335. The van der Waals surface area contributed by atoms with Crippen LogP contribution in [0.3, 0.4) is 0 Å². The Hall–Kier alpha value is -2.77. The smallest absolute Gasteiger partial charge is 0.272 e. The Labute approximate surface area is 155 Å². The first-order valence-corrected chi connectivity index (χ1v) is 9.14. The number of aromatic nitrogens is 2. The molecule has 0 spiro atoms. The van der Waals surface area contributed by atoms with Crippen molar-refractivity contribution in [3.05, 3.63) is 74.3 Å². The van der Waals surface area contributed by atoms with E-state index in [4.69, 9.17) is 0 Å². The first-order valence-electron chi connectivity index (χ1n) is 8.26. The van der Waals surface area contributed by atoms with Crippen molar-refractivity contribution in [2.24, 2.45) is 0 Å². The second-order valence-corrected chi connectivity index (χ2v) is 6.87. The van der Waals surface area contributed by atoms with Crippen LogP contribution in [-0.4, -0.2) is 23.2 Å². The molecule has 0 bridgehead atoms. The van der Waals surface area contributed by atoms with Crippen molar-refractivity contribution in [1.29, 1.82) is 0 Å². The summed E-state index contributed by atoms with van der Waals surface area (Å²) in [6.45, 7) is 2.73. The summed E-state index contributed by atoms with van der Waals surface area (Å²) in [6.07, 6.45) is 0. The number of hydrogen-bond acceptors (Lipinski definition) is 5. The molecule has 26 heavy (non-hydrogen) atoms. The third-order valence-corrected chi connectivity index (χ3v) is 5.12. The van der Waals surface area contributed by atoms with Crippen LogP contribution in [0.5, 0.6) is 0 Å². The van der Waals surface area contributed by atoms with Gasteiger partial charge in [-0.05, 0) is 48.2 Å². The van der Waals surface area contributed by atoms with Crippen LogP contribution in [0.15, 0.2) is 52.6 Å². The van der Waals surface area contributed by atoms with Gasteiger partial charge in [0.05, 0.1) is 6.04 Å². The van der Waals surface area contributed by atoms with Crippen molar-refractivity contribution in [3.63, 3.8) is 0 Å². The first kappa shape index (κ1) is 18.0. The molecular weight excluding hydrogens is 348 g/mol. The second-order valence-electron chi connectivity index (χ2n) is 5.93. The van der Waals surface area contributed by atoms with Gasteiger partial charge in [0.2, 0.25) is 0 Å². The fraction of sp³-hybridized carbons (Fsp3) is 0.211. The number of rotatable bonds is 6. The highest BCUT2D eigenvalue weighted by Gasteiger charge is 2.15. The normalized spacial score (nSPS) is 11.9. The summed E-state index contributed by atoms with van der Waals surface area (Å²) in [6, 6.07) is 12.9. The average molecular weight is 368 g/mol. The van der Waals surface area contributed by atoms with Gasteiger partial charge in [0, 0.05) is 17.5 Å². The summed E-state index contributed by atoms with van der Waals surface area (Å²) in [5.74, 6) is -0.320. The van der Waals surface area contributed by atoms with E-state index in [1.165, 1.54) is 23.3 Å². The van der Waals surface area contributed by atoms with E-state index in [2.05, 4.69) is 44.4 Å². The molecule has 3 aromatic rings. The van der Waals surface area contributed by atoms with Crippen molar-refractivity contribution >= 4 is 17.2 Å². The summed E-state index contributed by atoms with van der Waals surface area (Å²) in [5, 5.41) is 14.2. The summed E-state index contributed by atoms with van der Waals surface area (Å²) < 4.78 is 0. The Morgan fingerprint density at radius 3 is 2.81 bits per heavy atom. The molecule has 0 fully saturated rings. The fourth-order valence-corrected chi connectivity index (χ4v) is 3.60. The summed E-state index contributed by atoms with van der Waals surface area (Å²) in [7, 11) is 1.93. The topological polar surface area (TPSA) is 86.9 Å². The van der Waals surface area contributed by atoms with Gasteiger partial charge in [0.25, 0.3) is 11.5 Å². The van der Waals surface area contributed by atoms with Gasteiger partial charge >= 0.3 is 0 Å². The molecule has 2 aromatic heterocycles. The monoisotopic (exact) mass is 368 g/mol. The Kier molecular flexibility index (Phi) is 5.60. The largest absolute Gasteiger partial charge is 0.343 e. The maximum Gasteiger partial charge on any atom is 0.272 e. The molecule has 1 amide bonds. The van der Waals surface area contributed by atoms with E-state index in [1.54, 1.807) is 11.3 Å². The van der Waals surface area contributed by atoms with Gasteiger partial charge in [-0.25, -0.2) is 5.10 Å². The number of amides is 1. The van der Waals surface area contributed by atoms with E-state index >= 15 is 0 Å². The van der Waals surface area contributed by atoms with Crippen LogP contribution in [0.25, 0.3) is 11.1 Å². The number of carbonyl (C=O) groups is 1. The van der Waals surface area contributed by atoms with Crippen LogP contribution >= 0.6 is 11.3 Å². The van der Waals surface area contributed by atoms with Gasteiger partial charge in [-0.3, -0.25) is 9.59 Å². The molecule has 6 nitrogen and oxygen atoms in total. The zero-order valence-electron chi connectivity index (χ0n) is 14.6. The maximum absolute atomic E-state index is 12.3. The lowest BCUT2D eigenvalue weighted by Crippen LogP contribution is -2.28. The highest BCUT2D eigenvalue weighted by molar-refractivity contribution is 7.10. The summed E-state index contributed by atoms with van der Waals surface area (Å²) in [5.41, 5.74) is 3.41. The molecular formula is C19H20N4O2S. The Morgan fingerprint density at radius 2 is 2.08 bits per heavy atom. The van der Waals surface area contributed by atoms with E-state index in [0.29, 0.717) is 0 Å². The van der Waals surface area contributed by atoms with Crippen molar-refractivity contribution in [3.8, 4) is 11.1 Å². The number of benzene rings is 1. The van der Waals surface area contributed by atoms with Gasteiger partial charge in [-0.1, -0.05) is 24.3 Å². The Morgan fingerprint density at radius 1 is 1.27 bits per heavy atom. The highest BCUT2D eigenvalue weighted by atomic mass is 32.1. The quantitative estimate of drug-likeness (QED) is 0.624. The third-order valence-electron chi connectivity index (χ3n) is 4.00. The fourth-order valence-electron chi connectivity index (χ4n) is 2.68. The summed E-state index contributed by atoms with van der Waals surface area (Å²) in [4.78, 5) is 24.4. The molecule has 0 saturated heterocycles. The van der Waals surface area contributed by atoms with Gasteiger partial charge < -0.3 is 10.6 Å². The van der Waals surface area contributed by atoms with E-state index in [-0.39, 0.29) is 23.2 Å². The van der Waals surface area contributed by atoms with Crippen LogP contribution < -0.4 is 16.2 Å². The molecule has 0 aliphatic carbocycles. The number of aromatic amines is 1. The van der Waals surface area contributed by atoms with Crippen LogP contribution in [0.4, 0.5) is 0 Å². The maximum atomic E-state index is 12.3. The van der Waals surface area contributed by atoms with Crippen molar-refractivity contribution in [1.82, 2.24) is 20.8 Å².